The molecule has 1 N–H and O–H groups in total. The van der Waals surface area contributed by atoms with Crippen LogP contribution in [0.4, 0.5) is 0 Å². The van der Waals surface area contributed by atoms with Gasteiger partial charge in [0.05, 0.1) is 5.56 Å². The van der Waals surface area contributed by atoms with E-state index in [-0.39, 0.29) is 0 Å². The molecule has 1 saturated heterocycles. The van der Waals surface area contributed by atoms with E-state index in [1.165, 1.54) is 30.8 Å². The van der Waals surface area contributed by atoms with Crippen LogP contribution in [0.15, 0.2) is 11.4 Å². The first-order valence-corrected chi connectivity index (χ1v) is 6.67. The predicted octanol–water partition coefficient (Wildman–Crippen LogP) is 1.81. The summed E-state index contributed by atoms with van der Waals surface area (Å²) >= 11 is 1.66. The fraction of sp³-hybridized carbons (Fsp3) is 0.583. The Morgan fingerprint density at radius 2 is 2.25 bits per heavy atom. The third kappa shape index (κ3) is 3.31. The number of rotatable bonds is 5. The molecule has 2 heterocycles. The molecule has 0 aliphatic carbocycles. The van der Waals surface area contributed by atoms with Crippen molar-refractivity contribution in [3.05, 3.63) is 21.9 Å². The number of nitrogens with one attached hydrogen (secondary N) is 1. The Bertz CT molecular complexity index is 361. The molecule has 1 aliphatic rings. The highest BCUT2D eigenvalue weighted by molar-refractivity contribution is 7.10. The second kappa shape index (κ2) is 6.00. The number of nitriles is 1. The Hall–Kier alpha value is -0.890. The maximum absolute atomic E-state index is 8.70. The predicted molar refractivity (Wildman–Crippen MR) is 66.4 cm³/mol. The van der Waals surface area contributed by atoms with Gasteiger partial charge in [-0.3, -0.25) is 0 Å². The second-order valence-electron chi connectivity index (χ2n) is 4.14. The minimum atomic E-state index is 0.779. The normalized spacial score (nSPS) is 16.4. The average Bonchev–Trinajstić information content (AvgIpc) is 2.95. The zero-order chi connectivity index (χ0) is 11.2. The fourth-order valence-electron chi connectivity index (χ4n) is 1.99. The van der Waals surface area contributed by atoms with Crippen molar-refractivity contribution in [2.24, 2.45) is 0 Å². The molecule has 0 saturated carbocycles. The van der Waals surface area contributed by atoms with Crippen molar-refractivity contribution in [1.82, 2.24) is 10.2 Å². The molecule has 0 bridgehead atoms. The summed E-state index contributed by atoms with van der Waals surface area (Å²) in [5.74, 6) is 0. The highest BCUT2D eigenvalue weighted by Gasteiger charge is 2.09. The number of hydrogen-bond donors (Lipinski definition) is 1. The van der Waals surface area contributed by atoms with E-state index in [1.807, 2.05) is 11.4 Å². The Labute approximate surface area is 101 Å². The van der Waals surface area contributed by atoms with Crippen molar-refractivity contribution in [1.29, 1.82) is 5.26 Å². The first kappa shape index (κ1) is 11.6. The number of hydrogen-bond acceptors (Lipinski definition) is 4. The summed E-state index contributed by atoms with van der Waals surface area (Å²) in [7, 11) is 0. The first-order valence-electron chi connectivity index (χ1n) is 5.79. The molecule has 0 radical (unpaired) electrons. The third-order valence-electron chi connectivity index (χ3n) is 2.89. The van der Waals surface area contributed by atoms with Crippen molar-refractivity contribution >= 4 is 11.3 Å². The van der Waals surface area contributed by atoms with Gasteiger partial charge in [-0.05, 0) is 32.0 Å². The Morgan fingerprint density at radius 3 is 2.94 bits per heavy atom. The summed E-state index contributed by atoms with van der Waals surface area (Å²) in [5, 5.41) is 14.0. The van der Waals surface area contributed by atoms with Gasteiger partial charge in [0, 0.05) is 29.9 Å². The summed E-state index contributed by atoms with van der Waals surface area (Å²) < 4.78 is 0. The van der Waals surface area contributed by atoms with Crippen molar-refractivity contribution in [3.8, 4) is 6.07 Å². The highest BCUT2D eigenvalue weighted by atomic mass is 32.1. The van der Waals surface area contributed by atoms with Gasteiger partial charge in [-0.2, -0.15) is 5.26 Å². The zero-order valence-corrected chi connectivity index (χ0v) is 10.2. The van der Waals surface area contributed by atoms with Crippen molar-refractivity contribution in [2.45, 2.75) is 19.4 Å². The van der Waals surface area contributed by atoms with E-state index in [1.54, 1.807) is 11.3 Å². The van der Waals surface area contributed by atoms with Crippen LogP contribution in [0.3, 0.4) is 0 Å². The lowest BCUT2D eigenvalue weighted by Gasteiger charge is -2.14. The molecule has 3 nitrogen and oxygen atoms in total. The molecule has 0 atom stereocenters. The van der Waals surface area contributed by atoms with Crippen LogP contribution in [0.1, 0.15) is 23.3 Å². The fourth-order valence-corrected chi connectivity index (χ4v) is 2.77. The van der Waals surface area contributed by atoms with E-state index in [0.717, 1.165) is 25.2 Å². The van der Waals surface area contributed by atoms with Gasteiger partial charge in [-0.25, -0.2) is 0 Å². The van der Waals surface area contributed by atoms with Gasteiger partial charge in [0.1, 0.15) is 6.07 Å². The zero-order valence-electron chi connectivity index (χ0n) is 9.41. The summed E-state index contributed by atoms with van der Waals surface area (Å²) in [6.45, 7) is 5.61. The number of thiophene rings is 1. The summed E-state index contributed by atoms with van der Waals surface area (Å²) in [5.41, 5.74) is 0.779. The van der Waals surface area contributed by atoms with Crippen molar-refractivity contribution in [3.63, 3.8) is 0 Å². The monoisotopic (exact) mass is 235 g/mol. The smallest absolute Gasteiger partial charge is 0.100 e. The van der Waals surface area contributed by atoms with Gasteiger partial charge in [0.25, 0.3) is 0 Å². The van der Waals surface area contributed by atoms with Gasteiger partial charge in [-0.15, -0.1) is 11.3 Å². The summed E-state index contributed by atoms with van der Waals surface area (Å²) in [6.07, 6.45) is 2.72. The van der Waals surface area contributed by atoms with Crippen LogP contribution in [0, 0.1) is 11.3 Å². The van der Waals surface area contributed by atoms with E-state index < -0.39 is 0 Å². The lowest BCUT2D eigenvalue weighted by atomic mass is 10.3. The minimum absolute atomic E-state index is 0.779. The molecule has 0 unspecified atom stereocenters. The molecule has 1 aromatic heterocycles. The SMILES string of the molecule is N#Cc1csc(CNCCN2CCCC2)c1. The molecule has 1 fully saturated rings. The standard InChI is InChI=1S/C12H17N3S/c13-8-11-7-12(16-10-11)9-14-3-6-15-4-1-2-5-15/h7,10,14H,1-6,9H2. The van der Waals surface area contributed by atoms with Crippen LogP contribution < -0.4 is 5.32 Å². The second-order valence-corrected chi connectivity index (χ2v) is 5.13. The molecule has 0 amide bonds. The molecule has 1 aliphatic heterocycles. The maximum Gasteiger partial charge on any atom is 0.100 e. The van der Waals surface area contributed by atoms with Crippen LogP contribution in [-0.4, -0.2) is 31.1 Å². The topological polar surface area (TPSA) is 39.1 Å². The van der Waals surface area contributed by atoms with E-state index in [0.29, 0.717) is 0 Å². The van der Waals surface area contributed by atoms with Crippen molar-refractivity contribution in [2.75, 3.05) is 26.2 Å². The molecular weight excluding hydrogens is 218 g/mol. The Morgan fingerprint density at radius 1 is 1.44 bits per heavy atom. The highest BCUT2D eigenvalue weighted by Crippen LogP contribution is 2.13. The lowest BCUT2D eigenvalue weighted by molar-refractivity contribution is 0.336. The lowest BCUT2D eigenvalue weighted by Crippen LogP contribution is -2.29. The van der Waals surface area contributed by atoms with E-state index >= 15 is 0 Å². The molecule has 16 heavy (non-hydrogen) atoms. The van der Waals surface area contributed by atoms with Gasteiger partial charge >= 0.3 is 0 Å². The average molecular weight is 235 g/mol. The van der Waals surface area contributed by atoms with E-state index in [9.17, 15) is 0 Å². The maximum atomic E-state index is 8.70. The van der Waals surface area contributed by atoms with Crippen LogP contribution in [0.2, 0.25) is 0 Å². The van der Waals surface area contributed by atoms with Gasteiger partial charge in [0.2, 0.25) is 0 Å². The molecule has 86 valence electrons. The largest absolute Gasteiger partial charge is 0.311 e. The van der Waals surface area contributed by atoms with Gasteiger partial charge in [0.15, 0.2) is 0 Å². The molecule has 0 spiro atoms. The van der Waals surface area contributed by atoms with E-state index in [2.05, 4.69) is 16.3 Å². The molecule has 0 aromatic carbocycles. The minimum Gasteiger partial charge on any atom is -0.311 e. The van der Waals surface area contributed by atoms with Gasteiger partial charge < -0.3 is 10.2 Å². The molecule has 2 rings (SSSR count). The first-order chi connectivity index (χ1) is 7.88. The number of likely N-dealkylation sites (tertiary alicyclic amines) is 1. The van der Waals surface area contributed by atoms with Crippen molar-refractivity contribution < 1.29 is 0 Å². The van der Waals surface area contributed by atoms with Gasteiger partial charge in [-0.1, -0.05) is 0 Å². The Kier molecular flexibility index (Phi) is 4.34. The number of nitrogens with zero attached hydrogens (tertiary/aromatic N) is 2. The van der Waals surface area contributed by atoms with Crippen LogP contribution in [0.25, 0.3) is 0 Å². The molecular formula is C12H17N3S. The van der Waals surface area contributed by atoms with Crippen LogP contribution in [0.5, 0.6) is 0 Å². The Balaban J connectivity index is 1.62. The van der Waals surface area contributed by atoms with Crippen LogP contribution in [-0.2, 0) is 6.54 Å². The van der Waals surface area contributed by atoms with E-state index in [4.69, 9.17) is 5.26 Å². The summed E-state index contributed by atoms with van der Waals surface area (Å²) in [6, 6.07) is 4.12. The van der Waals surface area contributed by atoms with Crippen LogP contribution >= 0.6 is 11.3 Å². The summed E-state index contributed by atoms with van der Waals surface area (Å²) in [4.78, 5) is 3.75. The molecule has 1 aromatic rings. The third-order valence-corrected chi connectivity index (χ3v) is 3.82. The molecule has 4 heteroatoms. The quantitative estimate of drug-likeness (QED) is 0.791.